The summed E-state index contributed by atoms with van der Waals surface area (Å²) in [4.78, 5) is 0. The van der Waals surface area contributed by atoms with Gasteiger partial charge < -0.3 is 15.2 Å². The number of hydrogen-bond donors (Lipinski definition) is 1. The van der Waals surface area contributed by atoms with Gasteiger partial charge in [0.1, 0.15) is 12.4 Å². The van der Waals surface area contributed by atoms with E-state index in [2.05, 4.69) is 15.9 Å². The molecule has 0 amide bonds. The predicted octanol–water partition coefficient (Wildman–Crippen LogP) is 2.58. The summed E-state index contributed by atoms with van der Waals surface area (Å²) in [5.41, 5.74) is 6.14. The maximum absolute atomic E-state index is 6.14. The van der Waals surface area contributed by atoms with Crippen molar-refractivity contribution in [3.63, 3.8) is 0 Å². The maximum Gasteiger partial charge on any atom is 0.120 e. The van der Waals surface area contributed by atoms with E-state index in [9.17, 15) is 0 Å². The zero-order valence-corrected chi connectivity index (χ0v) is 11.4. The van der Waals surface area contributed by atoms with Gasteiger partial charge >= 0.3 is 0 Å². The van der Waals surface area contributed by atoms with E-state index in [-0.39, 0.29) is 6.04 Å². The van der Waals surface area contributed by atoms with Crippen LogP contribution >= 0.6 is 15.9 Å². The molecule has 1 unspecified atom stereocenters. The van der Waals surface area contributed by atoms with E-state index in [1.165, 1.54) is 0 Å². The SMILES string of the molecule is NC(COc1cccc(Br)c1)C1CCOCC1. The second kappa shape index (κ2) is 6.38. The molecule has 0 aliphatic carbocycles. The van der Waals surface area contributed by atoms with Crippen LogP contribution in [-0.2, 0) is 4.74 Å². The van der Waals surface area contributed by atoms with Crippen molar-refractivity contribution in [3.05, 3.63) is 28.7 Å². The molecule has 3 nitrogen and oxygen atoms in total. The normalized spacial score (nSPS) is 18.9. The van der Waals surface area contributed by atoms with Crippen molar-refractivity contribution in [1.82, 2.24) is 0 Å². The van der Waals surface area contributed by atoms with Gasteiger partial charge in [-0.1, -0.05) is 22.0 Å². The van der Waals surface area contributed by atoms with Gasteiger partial charge in [0.25, 0.3) is 0 Å². The van der Waals surface area contributed by atoms with Crippen LogP contribution in [0.15, 0.2) is 28.7 Å². The lowest BCUT2D eigenvalue weighted by atomic mass is 9.93. The van der Waals surface area contributed by atoms with E-state index in [1.807, 2.05) is 24.3 Å². The molecule has 4 heteroatoms. The van der Waals surface area contributed by atoms with Crippen LogP contribution in [0.4, 0.5) is 0 Å². The molecule has 2 N–H and O–H groups in total. The minimum atomic E-state index is 0.0953. The highest BCUT2D eigenvalue weighted by Crippen LogP contribution is 2.20. The van der Waals surface area contributed by atoms with Crippen molar-refractivity contribution in [2.24, 2.45) is 11.7 Å². The van der Waals surface area contributed by atoms with Gasteiger partial charge in [-0.3, -0.25) is 0 Å². The van der Waals surface area contributed by atoms with Gasteiger partial charge in [0.15, 0.2) is 0 Å². The number of rotatable bonds is 4. The summed E-state index contributed by atoms with van der Waals surface area (Å²) < 4.78 is 12.1. The van der Waals surface area contributed by atoms with E-state index in [0.717, 1.165) is 36.3 Å². The van der Waals surface area contributed by atoms with Gasteiger partial charge in [-0.15, -0.1) is 0 Å². The van der Waals surface area contributed by atoms with Crippen LogP contribution in [0.5, 0.6) is 5.75 Å². The third kappa shape index (κ3) is 3.98. The third-order valence-electron chi connectivity index (χ3n) is 3.11. The van der Waals surface area contributed by atoms with Crippen LogP contribution in [0.25, 0.3) is 0 Å². The van der Waals surface area contributed by atoms with Gasteiger partial charge in [0.2, 0.25) is 0 Å². The molecule has 0 aromatic heterocycles. The Morgan fingerprint density at radius 3 is 2.88 bits per heavy atom. The molecule has 1 fully saturated rings. The molecule has 0 spiro atoms. The Balaban J connectivity index is 1.80. The van der Waals surface area contributed by atoms with Gasteiger partial charge in [0, 0.05) is 23.7 Å². The Bertz CT molecular complexity index is 353. The van der Waals surface area contributed by atoms with Gasteiger partial charge in [0.05, 0.1) is 0 Å². The maximum atomic E-state index is 6.14. The number of ether oxygens (including phenoxy) is 2. The Kier molecular flexibility index (Phi) is 4.83. The lowest BCUT2D eigenvalue weighted by molar-refractivity contribution is 0.0521. The minimum Gasteiger partial charge on any atom is -0.492 e. The summed E-state index contributed by atoms with van der Waals surface area (Å²) in [7, 11) is 0. The number of halogens is 1. The largest absolute Gasteiger partial charge is 0.492 e. The van der Waals surface area contributed by atoms with Crippen molar-refractivity contribution < 1.29 is 9.47 Å². The number of nitrogens with two attached hydrogens (primary N) is 1. The molecule has 1 aromatic carbocycles. The van der Waals surface area contributed by atoms with E-state index in [4.69, 9.17) is 15.2 Å². The van der Waals surface area contributed by atoms with Crippen LogP contribution in [0.3, 0.4) is 0 Å². The van der Waals surface area contributed by atoms with Crippen molar-refractivity contribution in [3.8, 4) is 5.75 Å². The number of benzene rings is 1. The molecule has 1 heterocycles. The summed E-state index contributed by atoms with van der Waals surface area (Å²) in [6.45, 7) is 2.23. The first-order chi connectivity index (χ1) is 8.25. The Labute approximate surface area is 110 Å². The highest BCUT2D eigenvalue weighted by atomic mass is 79.9. The second-order valence-corrected chi connectivity index (χ2v) is 5.30. The van der Waals surface area contributed by atoms with Gasteiger partial charge in [-0.25, -0.2) is 0 Å². The summed E-state index contributed by atoms with van der Waals surface area (Å²) >= 11 is 3.42. The van der Waals surface area contributed by atoms with Crippen molar-refractivity contribution in [2.75, 3.05) is 19.8 Å². The Hall–Kier alpha value is -0.580. The topological polar surface area (TPSA) is 44.5 Å². The third-order valence-corrected chi connectivity index (χ3v) is 3.60. The van der Waals surface area contributed by atoms with E-state index >= 15 is 0 Å². The van der Waals surface area contributed by atoms with E-state index in [0.29, 0.717) is 12.5 Å². The molecule has 1 aliphatic heterocycles. The number of hydrogen-bond acceptors (Lipinski definition) is 3. The zero-order chi connectivity index (χ0) is 12.1. The monoisotopic (exact) mass is 299 g/mol. The highest BCUT2D eigenvalue weighted by Gasteiger charge is 2.21. The first kappa shape index (κ1) is 12.9. The van der Waals surface area contributed by atoms with Crippen LogP contribution in [-0.4, -0.2) is 25.9 Å². The average Bonchev–Trinajstić information content (AvgIpc) is 2.37. The van der Waals surface area contributed by atoms with E-state index < -0.39 is 0 Å². The fourth-order valence-electron chi connectivity index (χ4n) is 2.03. The molecule has 0 bridgehead atoms. The van der Waals surface area contributed by atoms with Crippen LogP contribution in [0.2, 0.25) is 0 Å². The van der Waals surface area contributed by atoms with Crippen molar-refractivity contribution in [1.29, 1.82) is 0 Å². The molecule has 1 atom stereocenters. The average molecular weight is 300 g/mol. The lowest BCUT2D eigenvalue weighted by Crippen LogP contribution is -2.38. The summed E-state index contributed by atoms with van der Waals surface area (Å²) in [5.74, 6) is 1.39. The molecule has 0 saturated carbocycles. The first-order valence-corrected chi connectivity index (χ1v) is 6.76. The lowest BCUT2D eigenvalue weighted by Gasteiger charge is -2.27. The van der Waals surface area contributed by atoms with Crippen molar-refractivity contribution in [2.45, 2.75) is 18.9 Å². The molecule has 2 rings (SSSR count). The smallest absolute Gasteiger partial charge is 0.120 e. The van der Waals surface area contributed by atoms with Crippen LogP contribution < -0.4 is 10.5 Å². The van der Waals surface area contributed by atoms with Crippen molar-refractivity contribution >= 4 is 15.9 Å². The first-order valence-electron chi connectivity index (χ1n) is 5.97. The molecule has 94 valence electrons. The Morgan fingerprint density at radius 2 is 2.18 bits per heavy atom. The summed E-state index contributed by atoms with van der Waals surface area (Å²) in [6.07, 6.45) is 2.09. The second-order valence-electron chi connectivity index (χ2n) is 4.38. The summed E-state index contributed by atoms with van der Waals surface area (Å²) in [6, 6.07) is 7.93. The summed E-state index contributed by atoms with van der Waals surface area (Å²) in [5, 5.41) is 0. The molecular formula is C13H18BrNO2. The van der Waals surface area contributed by atoms with Crippen LogP contribution in [0, 0.1) is 5.92 Å². The fraction of sp³-hybridized carbons (Fsp3) is 0.538. The van der Waals surface area contributed by atoms with Crippen LogP contribution in [0.1, 0.15) is 12.8 Å². The molecule has 1 saturated heterocycles. The molecule has 1 aromatic rings. The van der Waals surface area contributed by atoms with Gasteiger partial charge in [-0.2, -0.15) is 0 Å². The standard InChI is InChI=1S/C13H18BrNO2/c14-11-2-1-3-12(8-11)17-9-13(15)10-4-6-16-7-5-10/h1-3,8,10,13H,4-7,9,15H2. The molecule has 0 radical (unpaired) electrons. The molecular weight excluding hydrogens is 282 g/mol. The van der Waals surface area contributed by atoms with Gasteiger partial charge in [-0.05, 0) is 37.0 Å². The Morgan fingerprint density at radius 1 is 1.41 bits per heavy atom. The highest BCUT2D eigenvalue weighted by molar-refractivity contribution is 9.10. The minimum absolute atomic E-state index is 0.0953. The molecule has 1 aliphatic rings. The van der Waals surface area contributed by atoms with E-state index in [1.54, 1.807) is 0 Å². The quantitative estimate of drug-likeness (QED) is 0.929. The zero-order valence-electron chi connectivity index (χ0n) is 9.77. The fourth-order valence-corrected chi connectivity index (χ4v) is 2.41. The molecule has 17 heavy (non-hydrogen) atoms. The predicted molar refractivity (Wildman–Crippen MR) is 71.2 cm³/mol.